The van der Waals surface area contributed by atoms with Gasteiger partial charge in [-0.25, -0.2) is 8.78 Å². The van der Waals surface area contributed by atoms with Crippen LogP contribution in [0.1, 0.15) is 22.5 Å². The number of H-pyrrole nitrogens is 1. The first kappa shape index (κ1) is 10.6. The van der Waals surface area contributed by atoms with Gasteiger partial charge in [0.05, 0.1) is 5.02 Å². The summed E-state index contributed by atoms with van der Waals surface area (Å²) < 4.78 is 24.4. The highest BCUT2D eigenvalue weighted by Gasteiger charge is 2.18. The second-order valence-corrected chi connectivity index (χ2v) is 2.85. The van der Waals surface area contributed by atoms with Crippen LogP contribution in [0.2, 0.25) is 5.02 Å². The fourth-order valence-corrected chi connectivity index (χ4v) is 1.15. The molecular weight excluding hydrogens is 218 g/mol. The van der Waals surface area contributed by atoms with Gasteiger partial charge in [0.15, 0.2) is 0 Å². The molecule has 7 heteroatoms. The maximum absolute atomic E-state index is 12.2. The highest BCUT2D eigenvalue weighted by atomic mass is 35.5. The van der Waals surface area contributed by atoms with E-state index in [9.17, 15) is 18.4 Å². The molecule has 1 amide bonds. The van der Waals surface area contributed by atoms with Crippen molar-refractivity contribution in [1.82, 2.24) is 4.98 Å². The number of nitrogens with one attached hydrogen (secondary N) is 1. The fraction of sp³-hybridized carbons (Fsp3) is 0.143. The number of nitrogens with two attached hydrogens (primary N) is 1. The second kappa shape index (κ2) is 3.75. The van der Waals surface area contributed by atoms with Gasteiger partial charge in [0.2, 0.25) is 0 Å². The van der Waals surface area contributed by atoms with Gasteiger partial charge in [-0.15, -0.1) is 0 Å². The maximum atomic E-state index is 12.2. The number of halogens is 3. The summed E-state index contributed by atoms with van der Waals surface area (Å²) in [7, 11) is 0. The van der Waals surface area contributed by atoms with Crippen LogP contribution in [0.25, 0.3) is 0 Å². The van der Waals surface area contributed by atoms with Crippen LogP contribution >= 0.6 is 11.6 Å². The van der Waals surface area contributed by atoms with Crippen LogP contribution in [0.5, 0.6) is 0 Å². The number of alkyl halides is 2. The zero-order valence-corrected chi connectivity index (χ0v) is 7.44. The molecule has 0 aliphatic heterocycles. The van der Waals surface area contributed by atoms with Crippen molar-refractivity contribution in [2.45, 2.75) is 6.43 Å². The number of primary amides is 1. The van der Waals surface area contributed by atoms with E-state index < -0.39 is 28.5 Å². The third-order valence-corrected chi connectivity index (χ3v) is 1.82. The molecule has 0 unspecified atom stereocenters. The number of hydrogen-bond donors (Lipinski definition) is 2. The van der Waals surface area contributed by atoms with Gasteiger partial charge in [0, 0.05) is 0 Å². The standard InChI is InChI=1S/C7H5ClF2N2O2/c8-2-1-3(6(11)13)12-7(14)4(2)5(9)10/h1,5H,(H2,11,13)(H,12,14). The molecular formula is C7H5ClF2N2O2. The zero-order valence-electron chi connectivity index (χ0n) is 6.68. The third kappa shape index (κ3) is 1.90. The number of pyridine rings is 1. The molecule has 0 radical (unpaired) electrons. The molecule has 0 fully saturated rings. The van der Waals surface area contributed by atoms with Crippen LogP contribution in [0.3, 0.4) is 0 Å². The summed E-state index contributed by atoms with van der Waals surface area (Å²) in [6.07, 6.45) is -2.99. The lowest BCUT2D eigenvalue weighted by Crippen LogP contribution is -2.21. The normalized spacial score (nSPS) is 10.6. The first-order valence-electron chi connectivity index (χ1n) is 3.44. The largest absolute Gasteiger partial charge is 0.364 e. The Hall–Kier alpha value is -1.43. The van der Waals surface area contributed by atoms with Gasteiger partial charge in [0.1, 0.15) is 11.3 Å². The molecule has 1 rings (SSSR count). The van der Waals surface area contributed by atoms with Crippen LogP contribution in [0, 0.1) is 0 Å². The van der Waals surface area contributed by atoms with Gasteiger partial charge in [-0.05, 0) is 6.07 Å². The molecule has 1 aromatic heterocycles. The van der Waals surface area contributed by atoms with Crippen LogP contribution in [-0.4, -0.2) is 10.9 Å². The lowest BCUT2D eigenvalue weighted by atomic mass is 10.2. The molecule has 0 saturated heterocycles. The molecule has 0 saturated carbocycles. The highest BCUT2D eigenvalue weighted by Crippen LogP contribution is 2.23. The quantitative estimate of drug-likeness (QED) is 0.785. The number of aromatic nitrogens is 1. The predicted molar refractivity (Wildman–Crippen MR) is 45.5 cm³/mol. The number of aromatic amines is 1. The summed E-state index contributed by atoms with van der Waals surface area (Å²) in [5.74, 6) is -0.940. The minimum atomic E-state index is -2.99. The monoisotopic (exact) mass is 222 g/mol. The fourth-order valence-electron chi connectivity index (χ4n) is 0.875. The molecule has 14 heavy (non-hydrogen) atoms. The summed E-state index contributed by atoms with van der Waals surface area (Å²) in [5.41, 5.74) is 2.55. The summed E-state index contributed by atoms with van der Waals surface area (Å²) in [5, 5.41) is -0.474. The van der Waals surface area contributed by atoms with E-state index >= 15 is 0 Å². The van der Waals surface area contributed by atoms with Gasteiger partial charge >= 0.3 is 0 Å². The summed E-state index contributed by atoms with van der Waals surface area (Å²) >= 11 is 5.37. The Bertz CT molecular complexity index is 430. The minimum Gasteiger partial charge on any atom is -0.364 e. The molecule has 0 atom stereocenters. The van der Waals surface area contributed by atoms with E-state index in [-0.39, 0.29) is 5.69 Å². The minimum absolute atomic E-state index is 0.301. The Kier molecular flexibility index (Phi) is 2.85. The van der Waals surface area contributed by atoms with Crippen molar-refractivity contribution in [2.24, 2.45) is 5.73 Å². The molecule has 1 aromatic rings. The second-order valence-electron chi connectivity index (χ2n) is 2.44. The third-order valence-electron chi connectivity index (χ3n) is 1.50. The average Bonchev–Trinajstić information content (AvgIpc) is 2.01. The summed E-state index contributed by atoms with van der Waals surface area (Å²) in [6, 6.07) is 0.896. The van der Waals surface area contributed by atoms with Gasteiger partial charge in [0.25, 0.3) is 17.9 Å². The number of amides is 1. The smallest absolute Gasteiger partial charge is 0.270 e. The molecule has 76 valence electrons. The molecule has 0 aliphatic carbocycles. The van der Waals surface area contributed by atoms with Crippen LogP contribution in [0.4, 0.5) is 8.78 Å². The number of rotatable bonds is 2. The first-order valence-corrected chi connectivity index (χ1v) is 3.82. The van der Waals surface area contributed by atoms with E-state index in [1.54, 1.807) is 0 Å². The SMILES string of the molecule is NC(=O)c1cc(Cl)c(C(F)F)c(=O)[nH]1. The van der Waals surface area contributed by atoms with E-state index in [0.29, 0.717) is 0 Å². The Morgan fingerprint density at radius 2 is 2.14 bits per heavy atom. The zero-order chi connectivity index (χ0) is 10.9. The Morgan fingerprint density at radius 3 is 2.50 bits per heavy atom. The highest BCUT2D eigenvalue weighted by molar-refractivity contribution is 6.31. The average molecular weight is 223 g/mol. The Balaban J connectivity index is 3.40. The number of hydrogen-bond acceptors (Lipinski definition) is 2. The van der Waals surface area contributed by atoms with Gasteiger partial charge in [-0.2, -0.15) is 0 Å². The number of carbonyl (C=O) groups is 1. The molecule has 3 N–H and O–H groups in total. The maximum Gasteiger partial charge on any atom is 0.270 e. The van der Waals surface area contributed by atoms with Crippen molar-refractivity contribution in [2.75, 3.05) is 0 Å². The van der Waals surface area contributed by atoms with E-state index in [1.807, 2.05) is 4.98 Å². The Morgan fingerprint density at radius 1 is 1.57 bits per heavy atom. The van der Waals surface area contributed by atoms with Crippen molar-refractivity contribution in [3.05, 3.63) is 32.7 Å². The lowest BCUT2D eigenvalue weighted by molar-refractivity contribution is 0.0994. The molecule has 4 nitrogen and oxygen atoms in total. The van der Waals surface area contributed by atoms with Gasteiger partial charge in [-0.3, -0.25) is 9.59 Å². The lowest BCUT2D eigenvalue weighted by Gasteiger charge is -2.02. The van der Waals surface area contributed by atoms with Crippen LogP contribution in [-0.2, 0) is 0 Å². The van der Waals surface area contributed by atoms with Gasteiger partial charge in [-0.1, -0.05) is 11.6 Å². The van der Waals surface area contributed by atoms with Crippen LogP contribution < -0.4 is 11.3 Å². The van der Waals surface area contributed by atoms with Crippen molar-refractivity contribution in [3.8, 4) is 0 Å². The van der Waals surface area contributed by atoms with E-state index in [4.69, 9.17) is 17.3 Å². The summed E-state index contributed by atoms with van der Waals surface area (Å²) in [4.78, 5) is 23.5. The molecule has 0 aromatic carbocycles. The predicted octanol–water partition coefficient (Wildman–Crippen LogP) is 1.06. The molecule has 0 bridgehead atoms. The van der Waals surface area contributed by atoms with Gasteiger partial charge < -0.3 is 10.7 Å². The van der Waals surface area contributed by atoms with E-state index in [0.717, 1.165) is 6.07 Å². The van der Waals surface area contributed by atoms with Crippen molar-refractivity contribution < 1.29 is 13.6 Å². The van der Waals surface area contributed by atoms with Crippen molar-refractivity contribution in [3.63, 3.8) is 0 Å². The Labute approximate surface area is 81.7 Å². The van der Waals surface area contributed by atoms with E-state index in [2.05, 4.69) is 0 Å². The topological polar surface area (TPSA) is 76.0 Å². The first-order chi connectivity index (χ1) is 6.43. The van der Waals surface area contributed by atoms with Crippen molar-refractivity contribution in [1.29, 1.82) is 0 Å². The molecule has 0 aliphatic rings. The van der Waals surface area contributed by atoms with Crippen molar-refractivity contribution >= 4 is 17.5 Å². The number of carbonyl (C=O) groups excluding carboxylic acids is 1. The van der Waals surface area contributed by atoms with E-state index in [1.165, 1.54) is 0 Å². The summed E-state index contributed by atoms with van der Waals surface area (Å²) in [6.45, 7) is 0. The molecule has 0 spiro atoms. The molecule has 1 heterocycles. The van der Waals surface area contributed by atoms with Crippen LogP contribution in [0.15, 0.2) is 10.9 Å².